The van der Waals surface area contributed by atoms with Gasteiger partial charge in [0.1, 0.15) is 11.3 Å². The van der Waals surface area contributed by atoms with Gasteiger partial charge < -0.3 is 10.1 Å². The third-order valence-corrected chi connectivity index (χ3v) is 5.61. The second kappa shape index (κ2) is 7.67. The number of aromatic amines is 1. The molecule has 0 aliphatic rings. The number of nitrogens with zero attached hydrogens (tertiary/aromatic N) is 1. The SMILES string of the molecule is CCSc1ccc(Cc2nc3c(O)c(-c4ccccc4)c(Cl)cc3[nH]2)cc1. The van der Waals surface area contributed by atoms with Gasteiger partial charge in [0.05, 0.1) is 10.5 Å². The van der Waals surface area contributed by atoms with Gasteiger partial charge in [-0.3, -0.25) is 0 Å². The fourth-order valence-electron chi connectivity index (χ4n) is 3.18. The van der Waals surface area contributed by atoms with Gasteiger partial charge in [0.2, 0.25) is 0 Å². The summed E-state index contributed by atoms with van der Waals surface area (Å²) in [5.41, 5.74) is 3.94. The minimum absolute atomic E-state index is 0.112. The number of hydrogen-bond acceptors (Lipinski definition) is 3. The largest absolute Gasteiger partial charge is 0.505 e. The van der Waals surface area contributed by atoms with Crippen LogP contribution in [-0.4, -0.2) is 20.8 Å². The molecule has 27 heavy (non-hydrogen) atoms. The number of nitrogens with one attached hydrogen (secondary N) is 1. The molecule has 0 unspecified atom stereocenters. The Kier molecular flexibility index (Phi) is 5.10. The molecule has 5 heteroatoms. The molecule has 0 saturated carbocycles. The van der Waals surface area contributed by atoms with Gasteiger partial charge in [-0.1, -0.05) is 61.0 Å². The molecule has 3 nitrogen and oxygen atoms in total. The number of hydrogen-bond donors (Lipinski definition) is 2. The summed E-state index contributed by atoms with van der Waals surface area (Å²) < 4.78 is 0. The van der Waals surface area contributed by atoms with E-state index in [4.69, 9.17) is 11.6 Å². The van der Waals surface area contributed by atoms with Gasteiger partial charge in [-0.2, -0.15) is 0 Å². The average Bonchev–Trinajstić information content (AvgIpc) is 3.07. The first kappa shape index (κ1) is 18.0. The summed E-state index contributed by atoms with van der Waals surface area (Å²) in [4.78, 5) is 9.17. The van der Waals surface area contributed by atoms with Crippen LogP contribution in [0.4, 0.5) is 0 Å². The number of phenolic OH excluding ortho intramolecular Hbond substituents is 1. The van der Waals surface area contributed by atoms with Crippen LogP contribution in [0.15, 0.2) is 65.6 Å². The summed E-state index contributed by atoms with van der Waals surface area (Å²) in [5, 5.41) is 11.3. The van der Waals surface area contributed by atoms with Crippen molar-refractivity contribution in [2.45, 2.75) is 18.2 Å². The molecular weight excluding hydrogens is 376 g/mol. The molecule has 0 amide bonds. The van der Waals surface area contributed by atoms with E-state index in [2.05, 4.69) is 41.2 Å². The van der Waals surface area contributed by atoms with Crippen LogP contribution in [0.1, 0.15) is 18.3 Å². The Labute approximate surface area is 167 Å². The molecule has 4 aromatic rings. The standard InChI is InChI=1S/C22H19ClN2OS/c1-2-27-16-10-8-14(9-11-16)12-19-24-18-13-17(23)20(22(26)21(18)25-19)15-6-4-3-5-7-15/h3-11,13,26H,2,12H2,1H3,(H,24,25). The van der Waals surface area contributed by atoms with Gasteiger partial charge in [0, 0.05) is 16.9 Å². The van der Waals surface area contributed by atoms with Crippen LogP contribution in [-0.2, 0) is 6.42 Å². The van der Waals surface area contributed by atoms with E-state index in [0.717, 1.165) is 22.7 Å². The lowest BCUT2D eigenvalue weighted by atomic mass is 10.0. The minimum atomic E-state index is 0.112. The van der Waals surface area contributed by atoms with Crippen molar-refractivity contribution in [3.63, 3.8) is 0 Å². The molecule has 136 valence electrons. The summed E-state index contributed by atoms with van der Waals surface area (Å²) in [7, 11) is 0. The van der Waals surface area contributed by atoms with Crippen molar-refractivity contribution in [2.24, 2.45) is 0 Å². The third kappa shape index (κ3) is 3.68. The Morgan fingerprint density at radius 2 is 1.81 bits per heavy atom. The molecule has 1 heterocycles. The summed E-state index contributed by atoms with van der Waals surface area (Å²) in [6, 6.07) is 20.0. The number of thioether (sulfide) groups is 1. The number of imidazole rings is 1. The predicted molar refractivity (Wildman–Crippen MR) is 114 cm³/mol. The molecule has 2 N–H and O–H groups in total. The topological polar surface area (TPSA) is 48.9 Å². The first-order valence-corrected chi connectivity index (χ1v) is 10.2. The van der Waals surface area contributed by atoms with Gasteiger partial charge >= 0.3 is 0 Å². The van der Waals surface area contributed by atoms with Crippen LogP contribution in [0.3, 0.4) is 0 Å². The number of benzene rings is 3. The molecule has 1 aromatic heterocycles. The van der Waals surface area contributed by atoms with E-state index >= 15 is 0 Å². The highest BCUT2D eigenvalue weighted by molar-refractivity contribution is 7.99. The van der Waals surface area contributed by atoms with E-state index in [-0.39, 0.29) is 5.75 Å². The zero-order valence-electron chi connectivity index (χ0n) is 14.9. The lowest BCUT2D eigenvalue weighted by Gasteiger charge is -2.07. The lowest BCUT2D eigenvalue weighted by molar-refractivity contribution is 0.482. The van der Waals surface area contributed by atoms with E-state index in [1.165, 1.54) is 10.5 Å². The molecule has 4 rings (SSSR count). The zero-order chi connectivity index (χ0) is 18.8. The molecule has 0 aliphatic carbocycles. The Bertz CT molecular complexity index is 1080. The smallest absolute Gasteiger partial charge is 0.152 e. The van der Waals surface area contributed by atoms with E-state index in [1.807, 2.05) is 48.2 Å². The second-order valence-electron chi connectivity index (χ2n) is 6.28. The van der Waals surface area contributed by atoms with E-state index in [1.54, 1.807) is 0 Å². The minimum Gasteiger partial charge on any atom is -0.505 e. The monoisotopic (exact) mass is 394 g/mol. The van der Waals surface area contributed by atoms with Gasteiger partial charge in [-0.15, -0.1) is 11.8 Å². The number of H-pyrrole nitrogens is 1. The van der Waals surface area contributed by atoms with Crippen LogP contribution in [0.2, 0.25) is 5.02 Å². The quantitative estimate of drug-likeness (QED) is 0.391. The van der Waals surface area contributed by atoms with Crippen molar-refractivity contribution in [1.82, 2.24) is 9.97 Å². The van der Waals surface area contributed by atoms with Crippen molar-refractivity contribution in [3.05, 3.63) is 77.1 Å². The van der Waals surface area contributed by atoms with Crippen LogP contribution in [0.25, 0.3) is 22.2 Å². The molecule has 0 bridgehead atoms. The van der Waals surface area contributed by atoms with Gasteiger partial charge in [-0.05, 0) is 35.1 Å². The maximum absolute atomic E-state index is 10.8. The number of phenols is 1. The lowest BCUT2D eigenvalue weighted by Crippen LogP contribution is -1.90. The van der Waals surface area contributed by atoms with E-state index in [9.17, 15) is 5.11 Å². The predicted octanol–water partition coefficient (Wildman–Crippen LogP) is 6.29. The average molecular weight is 395 g/mol. The molecule has 0 fully saturated rings. The fourth-order valence-corrected chi connectivity index (χ4v) is 4.15. The van der Waals surface area contributed by atoms with Gasteiger partial charge in [-0.25, -0.2) is 4.98 Å². The Morgan fingerprint density at radius 3 is 2.52 bits per heavy atom. The summed E-state index contributed by atoms with van der Waals surface area (Å²) in [5.74, 6) is 1.98. The van der Waals surface area contributed by atoms with Crippen LogP contribution >= 0.6 is 23.4 Å². The first-order chi connectivity index (χ1) is 13.2. The van der Waals surface area contributed by atoms with E-state index < -0.39 is 0 Å². The molecular formula is C22H19ClN2OS. The van der Waals surface area contributed by atoms with Crippen molar-refractivity contribution >= 4 is 34.4 Å². The van der Waals surface area contributed by atoms with Gasteiger partial charge in [0.25, 0.3) is 0 Å². The number of halogens is 1. The summed E-state index contributed by atoms with van der Waals surface area (Å²) >= 11 is 8.28. The Hall–Kier alpha value is -2.43. The molecule has 0 atom stereocenters. The molecule has 0 aliphatic heterocycles. The highest BCUT2D eigenvalue weighted by Gasteiger charge is 2.17. The maximum atomic E-state index is 10.8. The van der Waals surface area contributed by atoms with Crippen LogP contribution < -0.4 is 0 Å². The Balaban J connectivity index is 1.69. The van der Waals surface area contributed by atoms with Crippen molar-refractivity contribution in [3.8, 4) is 16.9 Å². The normalized spacial score (nSPS) is 11.2. The van der Waals surface area contributed by atoms with Gasteiger partial charge in [0.15, 0.2) is 5.75 Å². The van der Waals surface area contributed by atoms with Crippen LogP contribution in [0, 0.1) is 0 Å². The number of aromatic hydroxyl groups is 1. The Morgan fingerprint density at radius 1 is 1.07 bits per heavy atom. The van der Waals surface area contributed by atoms with Crippen LogP contribution in [0.5, 0.6) is 5.75 Å². The first-order valence-electron chi connectivity index (χ1n) is 8.83. The second-order valence-corrected chi connectivity index (χ2v) is 8.03. The van der Waals surface area contributed by atoms with Crippen molar-refractivity contribution in [1.29, 1.82) is 0 Å². The molecule has 0 spiro atoms. The molecule has 3 aromatic carbocycles. The number of aromatic nitrogens is 2. The zero-order valence-corrected chi connectivity index (χ0v) is 16.4. The van der Waals surface area contributed by atoms with Crippen molar-refractivity contribution < 1.29 is 5.11 Å². The highest BCUT2D eigenvalue weighted by atomic mass is 35.5. The number of fused-ring (bicyclic) bond motifs is 1. The number of rotatable bonds is 5. The third-order valence-electron chi connectivity index (χ3n) is 4.42. The highest BCUT2D eigenvalue weighted by Crippen LogP contribution is 2.40. The molecule has 0 saturated heterocycles. The summed E-state index contributed by atoms with van der Waals surface area (Å²) in [6.07, 6.45) is 0.670. The molecule has 0 radical (unpaired) electrons. The van der Waals surface area contributed by atoms with Crippen molar-refractivity contribution in [2.75, 3.05) is 5.75 Å². The summed E-state index contributed by atoms with van der Waals surface area (Å²) in [6.45, 7) is 2.15. The maximum Gasteiger partial charge on any atom is 0.152 e. The van der Waals surface area contributed by atoms with E-state index in [0.29, 0.717) is 22.5 Å². The fraction of sp³-hybridized carbons (Fsp3) is 0.136.